The van der Waals surface area contributed by atoms with Crippen molar-refractivity contribution >= 4 is 0 Å². The Morgan fingerprint density at radius 3 is 1.30 bits per heavy atom. The number of aliphatic hydroxyl groups excluding tert-OH is 1. The smallest absolute Gasteiger partial charge is 0.0720 e. The third-order valence-corrected chi connectivity index (χ3v) is 6.09. The molecular formula is C29H56O. The quantitative estimate of drug-likeness (QED) is 0.122. The first-order valence-corrected chi connectivity index (χ1v) is 13.8. The largest absolute Gasteiger partial charge is 0.389 e. The van der Waals surface area contributed by atoms with Crippen LogP contribution >= 0.6 is 0 Å². The molecular weight excluding hydrogens is 364 g/mol. The molecule has 1 unspecified atom stereocenters. The summed E-state index contributed by atoms with van der Waals surface area (Å²) in [7, 11) is 0. The second-order valence-electron chi connectivity index (χ2n) is 9.28. The van der Waals surface area contributed by atoms with Crippen LogP contribution in [-0.2, 0) is 0 Å². The molecule has 1 N–H and O–H groups in total. The van der Waals surface area contributed by atoms with Crippen molar-refractivity contribution in [3.8, 4) is 0 Å². The molecule has 0 heterocycles. The summed E-state index contributed by atoms with van der Waals surface area (Å²) in [5.41, 5.74) is 0. The van der Waals surface area contributed by atoms with Crippen LogP contribution in [0.1, 0.15) is 155 Å². The van der Waals surface area contributed by atoms with Crippen LogP contribution in [0.15, 0.2) is 24.3 Å². The molecule has 1 heteroatoms. The predicted molar refractivity (Wildman–Crippen MR) is 137 cm³/mol. The summed E-state index contributed by atoms with van der Waals surface area (Å²) in [6.45, 7) is 4.55. The molecule has 0 aliphatic carbocycles. The molecule has 0 saturated heterocycles. The summed E-state index contributed by atoms with van der Waals surface area (Å²) in [4.78, 5) is 0. The van der Waals surface area contributed by atoms with E-state index in [1.54, 1.807) is 0 Å². The van der Waals surface area contributed by atoms with Gasteiger partial charge in [0.2, 0.25) is 0 Å². The zero-order valence-corrected chi connectivity index (χ0v) is 20.9. The molecule has 0 fully saturated rings. The van der Waals surface area contributed by atoms with E-state index in [2.05, 4.69) is 32.1 Å². The first kappa shape index (κ1) is 29.4. The van der Waals surface area contributed by atoms with Crippen LogP contribution in [0.2, 0.25) is 0 Å². The Bertz CT molecular complexity index is 357. The lowest BCUT2D eigenvalue weighted by Gasteiger charge is -2.05. The zero-order chi connectivity index (χ0) is 22.0. The molecule has 0 radical (unpaired) electrons. The fraction of sp³-hybridized carbons (Fsp3) is 0.862. The van der Waals surface area contributed by atoms with E-state index in [0.29, 0.717) is 0 Å². The summed E-state index contributed by atoms with van der Waals surface area (Å²) in [5.74, 6) is 0. The lowest BCUT2D eigenvalue weighted by atomic mass is 10.1. The number of unbranched alkanes of at least 4 members (excludes halogenated alkanes) is 18. The number of hydrogen-bond donors (Lipinski definition) is 1. The summed E-state index contributed by atoms with van der Waals surface area (Å²) < 4.78 is 0. The van der Waals surface area contributed by atoms with Crippen molar-refractivity contribution in [3.63, 3.8) is 0 Å². The van der Waals surface area contributed by atoms with Gasteiger partial charge < -0.3 is 5.11 Å². The van der Waals surface area contributed by atoms with Gasteiger partial charge in [-0.25, -0.2) is 0 Å². The topological polar surface area (TPSA) is 20.2 Å². The number of aliphatic hydroxyl groups is 1. The molecule has 1 nitrogen and oxygen atoms in total. The fourth-order valence-corrected chi connectivity index (χ4v) is 3.99. The lowest BCUT2D eigenvalue weighted by Crippen LogP contribution is -2.01. The monoisotopic (exact) mass is 420 g/mol. The van der Waals surface area contributed by atoms with Crippen molar-refractivity contribution in [1.29, 1.82) is 0 Å². The predicted octanol–water partition coefficient (Wildman–Crippen LogP) is 10.1. The van der Waals surface area contributed by atoms with Gasteiger partial charge in [0.1, 0.15) is 0 Å². The highest BCUT2D eigenvalue weighted by atomic mass is 16.3. The average Bonchev–Trinajstić information content (AvgIpc) is 2.75. The lowest BCUT2D eigenvalue weighted by molar-refractivity contribution is 0.207. The first-order valence-electron chi connectivity index (χ1n) is 13.8. The van der Waals surface area contributed by atoms with Gasteiger partial charge in [0.25, 0.3) is 0 Å². The van der Waals surface area contributed by atoms with E-state index >= 15 is 0 Å². The van der Waals surface area contributed by atoms with Gasteiger partial charge in [0, 0.05) is 0 Å². The van der Waals surface area contributed by atoms with Crippen LogP contribution in [-0.4, -0.2) is 11.2 Å². The van der Waals surface area contributed by atoms with Crippen LogP contribution in [0.25, 0.3) is 0 Å². The molecule has 0 spiro atoms. The Balaban J connectivity index is 3.27. The van der Waals surface area contributed by atoms with Crippen molar-refractivity contribution in [1.82, 2.24) is 0 Å². The second kappa shape index (κ2) is 26.5. The number of hydrogen-bond acceptors (Lipinski definition) is 1. The van der Waals surface area contributed by atoms with Crippen LogP contribution in [0.3, 0.4) is 0 Å². The highest BCUT2D eigenvalue weighted by Gasteiger charge is 1.99. The Labute approximate surface area is 190 Å². The third-order valence-electron chi connectivity index (χ3n) is 6.09. The average molecular weight is 421 g/mol. The Hall–Kier alpha value is -0.560. The molecule has 30 heavy (non-hydrogen) atoms. The van der Waals surface area contributed by atoms with Crippen molar-refractivity contribution in [2.45, 2.75) is 161 Å². The molecule has 0 aliphatic rings. The summed E-state index contributed by atoms with van der Waals surface area (Å²) in [6.07, 6.45) is 37.7. The second-order valence-corrected chi connectivity index (χ2v) is 9.28. The minimum atomic E-state index is -0.223. The molecule has 0 saturated carbocycles. The van der Waals surface area contributed by atoms with Crippen molar-refractivity contribution in [2.75, 3.05) is 0 Å². The minimum Gasteiger partial charge on any atom is -0.389 e. The van der Waals surface area contributed by atoms with E-state index in [1.807, 2.05) is 6.08 Å². The van der Waals surface area contributed by atoms with Gasteiger partial charge in [-0.2, -0.15) is 0 Å². The maximum Gasteiger partial charge on any atom is 0.0720 e. The highest BCUT2D eigenvalue weighted by Crippen LogP contribution is 2.12. The van der Waals surface area contributed by atoms with Gasteiger partial charge in [0.15, 0.2) is 0 Å². The third kappa shape index (κ3) is 25.5. The number of allylic oxidation sites excluding steroid dienone is 3. The van der Waals surface area contributed by atoms with E-state index < -0.39 is 0 Å². The first-order chi connectivity index (χ1) is 14.8. The van der Waals surface area contributed by atoms with Gasteiger partial charge in [0.05, 0.1) is 6.10 Å². The molecule has 0 aromatic carbocycles. The van der Waals surface area contributed by atoms with Gasteiger partial charge >= 0.3 is 0 Å². The maximum absolute atomic E-state index is 10.1. The molecule has 1 atom stereocenters. The Kier molecular flexibility index (Phi) is 26.0. The van der Waals surface area contributed by atoms with E-state index in [1.165, 1.54) is 122 Å². The van der Waals surface area contributed by atoms with Crippen molar-refractivity contribution in [3.05, 3.63) is 24.3 Å². The Morgan fingerprint density at radius 1 is 0.467 bits per heavy atom. The van der Waals surface area contributed by atoms with E-state index in [-0.39, 0.29) is 6.10 Å². The van der Waals surface area contributed by atoms with Crippen LogP contribution in [0, 0.1) is 0 Å². The Morgan fingerprint density at radius 2 is 0.833 bits per heavy atom. The van der Waals surface area contributed by atoms with Crippen molar-refractivity contribution in [2.24, 2.45) is 0 Å². The molecule has 0 rings (SSSR count). The normalized spacial score (nSPS) is 13.0. The van der Waals surface area contributed by atoms with E-state index in [9.17, 15) is 5.11 Å². The fourth-order valence-electron chi connectivity index (χ4n) is 3.99. The van der Waals surface area contributed by atoms with Crippen molar-refractivity contribution < 1.29 is 5.11 Å². The molecule has 0 aliphatic heterocycles. The maximum atomic E-state index is 10.1. The zero-order valence-electron chi connectivity index (χ0n) is 20.9. The number of rotatable bonds is 24. The highest BCUT2D eigenvalue weighted by molar-refractivity contribution is 4.88. The molecule has 0 aromatic rings. The summed E-state index contributed by atoms with van der Waals surface area (Å²) in [5, 5.41) is 10.1. The van der Waals surface area contributed by atoms with Gasteiger partial charge in [-0.15, -0.1) is 0 Å². The molecule has 0 amide bonds. The minimum absolute atomic E-state index is 0.223. The van der Waals surface area contributed by atoms with Crippen LogP contribution in [0.4, 0.5) is 0 Å². The molecule has 0 aromatic heterocycles. The summed E-state index contributed by atoms with van der Waals surface area (Å²) >= 11 is 0. The van der Waals surface area contributed by atoms with Gasteiger partial charge in [-0.05, 0) is 44.9 Å². The SMILES string of the molecule is CCCCCCCC/C=C\CCCCCCCC(O)C=CCCCCCCCCC. The van der Waals surface area contributed by atoms with Crippen LogP contribution in [0.5, 0.6) is 0 Å². The molecule has 178 valence electrons. The van der Waals surface area contributed by atoms with Gasteiger partial charge in [-0.3, -0.25) is 0 Å². The van der Waals surface area contributed by atoms with E-state index in [0.717, 1.165) is 19.3 Å². The summed E-state index contributed by atoms with van der Waals surface area (Å²) in [6, 6.07) is 0. The van der Waals surface area contributed by atoms with Crippen LogP contribution < -0.4 is 0 Å². The van der Waals surface area contributed by atoms with Gasteiger partial charge in [-0.1, -0.05) is 134 Å². The van der Waals surface area contributed by atoms with E-state index in [4.69, 9.17) is 0 Å². The standard InChI is InChI=1S/C29H56O/c1-3-5-7-9-11-13-14-15-16-17-18-20-22-24-26-28-29(30)27-25-23-21-19-12-10-8-6-4-2/h15-16,25,27,29-30H,3-14,17-24,26,28H2,1-2H3/b16-15-,27-25?. The molecule has 0 bridgehead atoms.